The molecule has 6 heteroatoms. The Balaban J connectivity index is 1.50. The molecule has 4 amide bonds. The monoisotopic (exact) mass is 634 g/mol. The predicted molar refractivity (Wildman–Crippen MR) is 163 cm³/mol. The molecule has 1 unspecified atom stereocenters. The number of benzene rings is 1. The molecule has 3 rings (SSSR count). The van der Waals surface area contributed by atoms with Crippen LogP contribution in [0.1, 0.15) is 108 Å². The number of allylic oxidation sites excluding steroid dienone is 1. The van der Waals surface area contributed by atoms with E-state index in [0.717, 1.165) is 22.6 Å². The first-order valence-corrected chi connectivity index (χ1v) is 16.1. The molecule has 1 aliphatic carbocycles. The number of urea groups is 1. The summed E-state index contributed by atoms with van der Waals surface area (Å²) >= 11 is 2.61. The van der Waals surface area contributed by atoms with E-state index in [-0.39, 0.29) is 11.5 Å². The average molecular weight is 635 g/mol. The highest BCUT2D eigenvalue weighted by atomic mass is 127. The van der Waals surface area contributed by atoms with Gasteiger partial charge in [-0.2, -0.15) is 0 Å². The van der Waals surface area contributed by atoms with Gasteiger partial charge in [0.25, 0.3) is 11.8 Å². The molecule has 210 valence electrons. The van der Waals surface area contributed by atoms with Crippen molar-refractivity contribution in [3.05, 3.63) is 47.5 Å². The molecule has 0 N–H and O–H groups in total. The van der Waals surface area contributed by atoms with Crippen LogP contribution in [0, 0.1) is 11.8 Å². The maximum absolute atomic E-state index is 12.8. The van der Waals surface area contributed by atoms with Crippen molar-refractivity contribution in [2.45, 2.75) is 107 Å². The molecule has 2 aliphatic rings. The van der Waals surface area contributed by atoms with E-state index in [1.807, 2.05) is 12.1 Å². The standard InChI is InChI=1S/C32H47IN2O3/c1-4-5-6-7-8-9-10-11-12-13-14-18-21-28(33)29-25(22-26(29)24-19-16-15-17-20-24)23-27-30(36)34(2)32(38)35(3)31(27)37/h15-17,19-20,23,25-26,28-29H,4-14,18,21-22H2,1-3H3/t25-,26?,28-,29-/m0/s1. The number of alkyl halides is 1. The number of unbranched alkanes of at least 4 members (excludes halogenated alkanes) is 11. The summed E-state index contributed by atoms with van der Waals surface area (Å²) in [6.45, 7) is 2.27. The summed E-state index contributed by atoms with van der Waals surface area (Å²) in [5, 5.41) is 0. The number of carbonyl (C=O) groups is 3. The maximum atomic E-state index is 12.8. The van der Waals surface area contributed by atoms with E-state index in [0.29, 0.717) is 15.8 Å². The summed E-state index contributed by atoms with van der Waals surface area (Å²) in [7, 11) is 2.89. The molecule has 1 aromatic rings. The zero-order valence-electron chi connectivity index (χ0n) is 23.7. The van der Waals surface area contributed by atoms with Crippen molar-refractivity contribution >= 4 is 40.4 Å². The highest BCUT2D eigenvalue weighted by molar-refractivity contribution is 14.1. The number of imide groups is 2. The van der Waals surface area contributed by atoms with Crippen LogP contribution >= 0.6 is 22.6 Å². The van der Waals surface area contributed by atoms with Crippen LogP contribution in [0.3, 0.4) is 0 Å². The third-order valence-electron chi connectivity index (χ3n) is 8.49. The number of nitrogens with zero attached hydrogens (tertiary/aromatic N) is 2. The Labute approximate surface area is 243 Å². The minimum atomic E-state index is -0.566. The van der Waals surface area contributed by atoms with Crippen molar-refractivity contribution in [2.75, 3.05) is 14.1 Å². The zero-order chi connectivity index (χ0) is 27.5. The molecule has 0 bridgehead atoms. The Bertz CT molecular complexity index is 921. The molecule has 4 atom stereocenters. The fourth-order valence-electron chi connectivity index (χ4n) is 6.05. The normalized spacial score (nSPS) is 22.6. The van der Waals surface area contributed by atoms with Crippen molar-refractivity contribution in [1.82, 2.24) is 9.80 Å². The van der Waals surface area contributed by atoms with Crippen molar-refractivity contribution in [2.24, 2.45) is 11.8 Å². The lowest BCUT2D eigenvalue weighted by atomic mass is 9.60. The van der Waals surface area contributed by atoms with E-state index >= 15 is 0 Å². The molecular weight excluding hydrogens is 587 g/mol. The lowest BCUT2D eigenvalue weighted by Gasteiger charge is -2.47. The fourth-order valence-corrected chi connectivity index (χ4v) is 7.52. The quantitative estimate of drug-likeness (QED) is 0.0605. The molecule has 1 heterocycles. The van der Waals surface area contributed by atoms with Crippen LogP contribution in [0.4, 0.5) is 4.79 Å². The number of barbiturate groups is 1. The van der Waals surface area contributed by atoms with Crippen LogP contribution in [-0.4, -0.2) is 45.7 Å². The first-order valence-electron chi connectivity index (χ1n) is 14.9. The summed E-state index contributed by atoms with van der Waals surface area (Å²) in [5.41, 5.74) is 1.49. The second-order valence-electron chi connectivity index (χ2n) is 11.3. The van der Waals surface area contributed by atoms with Crippen LogP contribution in [0.15, 0.2) is 42.0 Å². The average Bonchev–Trinajstić information content (AvgIpc) is 2.91. The number of halogens is 1. The maximum Gasteiger partial charge on any atom is 0.333 e. The van der Waals surface area contributed by atoms with E-state index in [1.165, 1.54) is 96.7 Å². The fraction of sp³-hybridized carbons (Fsp3) is 0.656. The summed E-state index contributed by atoms with van der Waals surface area (Å²) in [5.74, 6) is 0.0181. The predicted octanol–water partition coefficient (Wildman–Crippen LogP) is 8.28. The van der Waals surface area contributed by atoms with Crippen LogP contribution in [0.5, 0.6) is 0 Å². The molecule has 2 fully saturated rings. The largest absolute Gasteiger partial charge is 0.333 e. The number of rotatable bonds is 16. The Morgan fingerprint density at radius 1 is 0.816 bits per heavy atom. The van der Waals surface area contributed by atoms with Gasteiger partial charge in [-0.3, -0.25) is 19.4 Å². The second-order valence-corrected chi connectivity index (χ2v) is 12.9. The lowest BCUT2D eigenvalue weighted by molar-refractivity contribution is -0.134. The SMILES string of the molecule is CCCCCCCCCCCCCC[C@H](I)[C@@H]1C(c2ccccc2)C[C@H]1C=C1C(=O)N(C)C(=O)N(C)C1=O. The molecule has 1 aliphatic heterocycles. The minimum absolute atomic E-state index is 0.144. The number of likely N-dealkylation sites (N-methyl/N-ethyl adjacent to an activating group) is 2. The topological polar surface area (TPSA) is 57.7 Å². The molecule has 5 nitrogen and oxygen atoms in total. The van der Waals surface area contributed by atoms with Gasteiger partial charge in [0.05, 0.1) is 0 Å². The van der Waals surface area contributed by atoms with Crippen LogP contribution in [-0.2, 0) is 9.59 Å². The molecule has 1 aromatic carbocycles. The molecule has 1 saturated carbocycles. The van der Waals surface area contributed by atoms with Crippen LogP contribution in [0.2, 0.25) is 0 Å². The lowest BCUT2D eigenvalue weighted by Crippen LogP contribution is -2.53. The number of carbonyl (C=O) groups excluding carboxylic acids is 3. The summed E-state index contributed by atoms with van der Waals surface area (Å²) in [6.07, 6.45) is 20.2. The van der Waals surface area contributed by atoms with E-state index < -0.39 is 17.8 Å². The highest BCUT2D eigenvalue weighted by Gasteiger charge is 2.46. The summed E-state index contributed by atoms with van der Waals surface area (Å²) < 4.78 is 0.474. The van der Waals surface area contributed by atoms with E-state index in [4.69, 9.17) is 0 Å². The van der Waals surface area contributed by atoms with Gasteiger partial charge in [-0.05, 0) is 36.2 Å². The molecule has 0 radical (unpaired) electrons. The first-order chi connectivity index (χ1) is 18.4. The number of hydrogen-bond donors (Lipinski definition) is 0. The Kier molecular flexibility index (Phi) is 12.8. The Hall–Kier alpha value is -1.70. The Morgan fingerprint density at radius 3 is 1.84 bits per heavy atom. The van der Waals surface area contributed by atoms with Crippen molar-refractivity contribution < 1.29 is 14.4 Å². The van der Waals surface area contributed by atoms with Gasteiger partial charge in [-0.1, -0.05) is 143 Å². The van der Waals surface area contributed by atoms with Crippen molar-refractivity contribution in [1.29, 1.82) is 0 Å². The Morgan fingerprint density at radius 2 is 1.32 bits per heavy atom. The molecule has 0 spiro atoms. The number of amides is 4. The molecule has 38 heavy (non-hydrogen) atoms. The van der Waals surface area contributed by atoms with Gasteiger partial charge in [0, 0.05) is 18.0 Å². The summed E-state index contributed by atoms with van der Waals surface area (Å²) in [4.78, 5) is 39.8. The van der Waals surface area contributed by atoms with Crippen molar-refractivity contribution in [3.8, 4) is 0 Å². The van der Waals surface area contributed by atoms with E-state index in [1.54, 1.807) is 0 Å². The molecular formula is C32H47IN2O3. The van der Waals surface area contributed by atoms with Gasteiger partial charge >= 0.3 is 6.03 Å². The van der Waals surface area contributed by atoms with Gasteiger partial charge in [0.1, 0.15) is 5.57 Å². The number of hydrogen-bond acceptors (Lipinski definition) is 3. The van der Waals surface area contributed by atoms with E-state index in [2.05, 4.69) is 53.8 Å². The van der Waals surface area contributed by atoms with Crippen molar-refractivity contribution in [3.63, 3.8) is 0 Å². The summed E-state index contributed by atoms with van der Waals surface area (Å²) in [6, 6.07) is 10.1. The van der Waals surface area contributed by atoms with Gasteiger partial charge < -0.3 is 0 Å². The highest BCUT2D eigenvalue weighted by Crippen LogP contribution is 2.53. The first kappa shape index (κ1) is 30.8. The van der Waals surface area contributed by atoms with E-state index in [9.17, 15) is 14.4 Å². The zero-order valence-corrected chi connectivity index (χ0v) is 25.8. The van der Waals surface area contributed by atoms with Gasteiger partial charge in [-0.25, -0.2) is 4.79 Å². The van der Waals surface area contributed by atoms with Gasteiger partial charge in [-0.15, -0.1) is 0 Å². The third-order valence-corrected chi connectivity index (χ3v) is 9.94. The smallest absolute Gasteiger partial charge is 0.268 e. The molecule has 1 saturated heterocycles. The van der Waals surface area contributed by atoms with Gasteiger partial charge in [0.15, 0.2) is 0 Å². The van der Waals surface area contributed by atoms with Crippen LogP contribution < -0.4 is 0 Å². The van der Waals surface area contributed by atoms with Crippen LogP contribution in [0.25, 0.3) is 0 Å². The second kappa shape index (κ2) is 15.8. The van der Waals surface area contributed by atoms with Gasteiger partial charge in [0.2, 0.25) is 0 Å². The minimum Gasteiger partial charge on any atom is -0.268 e. The molecule has 0 aromatic heterocycles. The third kappa shape index (κ3) is 8.15.